The number of benzene rings is 1. The number of nitro benzene ring substituents is 2. The molecule has 0 aromatic heterocycles. The molecule has 1 fully saturated rings. The highest BCUT2D eigenvalue weighted by molar-refractivity contribution is 5.92. The normalized spacial score (nSPS) is 18.6. The average Bonchev–Trinajstić information content (AvgIpc) is 2.60. The first-order chi connectivity index (χ1) is 11.9. The van der Waals surface area contributed by atoms with E-state index in [0.29, 0.717) is 30.7 Å². The molecule has 0 aliphatic heterocycles. The predicted molar refractivity (Wildman–Crippen MR) is 88.6 cm³/mol. The number of hydrogen-bond donors (Lipinski definition) is 1. The largest absolute Gasteiger partial charge is 0.433 e. The lowest BCUT2D eigenvalue weighted by atomic mass is 9.81. The summed E-state index contributed by atoms with van der Waals surface area (Å²) < 4.78 is 0. The van der Waals surface area contributed by atoms with Crippen molar-refractivity contribution in [2.45, 2.75) is 38.5 Å². The fourth-order valence-electron chi connectivity index (χ4n) is 2.81. The third-order valence-corrected chi connectivity index (χ3v) is 3.94. The monoisotopic (exact) mass is 350 g/mol. The van der Waals surface area contributed by atoms with Crippen LogP contribution in [0.25, 0.3) is 0 Å². The Labute approximate surface area is 143 Å². The quantitative estimate of drug-likeness (QED) is 0.491. The lowest BCUT2D eigenvalue weighted by molar-refractivity contribution is -0.394. The van der Waals surface area contributed by atoms with Crippen LogP contribution in [0.3, 0.4) is 0 Å². The summed E-state index contributed by atoms with van der Waals surface area (Å²) in [5.74, 6) is -0.413. The van der Waals surface area contributed by atoms with Gasteiger partial charge < -0.3 is 5.32 Å². The molecule has 1 N–H and O–H groups in total. The number of rotatable bonds is 5. The van der Waals surface area contributed by atoms with Crippen LogP contribution in [-0.2, 0) is 4.84 Å². The summed E-state index contributed by atoms with van der Waals surface area (Å²) in [7, 11) is 0. The Morgan fingerprint density at radius 2 is 2.08 bits per heavy atom. The minimum Gasteiger partial charge on any atom is -0.320 e. The van der Waals surface area contributed by atoms with E-state index in [4.69, 9.17) is 4.84 Å². The fraction of sp³-hybridized carbons (Fsp3) is 0.467. The van der Waals surface area contributed by atoms with Crippen molar-refractivity contribution in [1.29, 1.82) is 0 Å². The maximum Gasteiger partial charge on any atom is 0.433 e. The summed E-state index contributed by atoms with van der Waals surface area (Å²) in [4.78, 5) is 37.1. The maximum atomic E-state index is 11.4. The Kier molecular flexibility index (Phi) is 5.98. The predicted octanol–water partition coefficient (Wildman–Crippen LogP) is 3.26. The molecule has 25 heavy (non-hydrogen) atoms. The van der Waals surface area contributed by atoms with Crippen molar-refractivity contribution in [3.05, 3.63) is 44.0 Å². The molecule has 1 amide bonds. The first-order valence-electron chi connectivity index (χ1n) is 7.88. The lowest BCUT2D eigenvalue weighted by Crippen LogP contribution is -2.24. The van der Waals surface area contributed by atoms with Gasteiger partial charge in [0, 0.05) is 24.1 Å². The van der Waals surface area contributed by atoms with Crippen LogP contribution in [0.5, 0.6) is 0 Å². The summed E-state index contributed by atoms with van der Waals surface area (Å²) in [6, 6.07) is 3.57. The van der Waals surface area contributed by atoms with Gasteiger partial charge in [-0.25, -0.2) is 4.79 Å². The van der Waals surface area contributed by atoms with Gasteiger partial charge in [-0.05, 0) is 32.3 Å². The molecule has 0 heterocycles. The number of nitrogens with one attached hydrogen (secondary N) is 1. The van der Waals surface area contributed by atoms with Gasteiger partial charge in [0.15, 0.2) is 0 Å². The van der Waals surface area contributed by atoms with E-state index in [-0.39, 0.29) is 11.4 Å². The van der Waals surface area contributed by atoms with Gasteiger partial charge in [-0.3, -0.25) is 25.1 Å². The molecule has 10 heteroatoms. The number of hydrogen-bond acceptors (Lipinski definition) is 7. The SMILES string of the molecule is CCNC(=O)O/N=C1/CCCC[C@@H]1c1ccc([N+](=O)[O-])cc1[N+](=O)[O-]. The van der Waals surface area contributed by atoms with Gasteiger partial charge >= 0.3 is 6.09 Å². The molecule has 10 nitrogen and oxygen atoms in total. The third-order valence-electron chi connectivity index (χ3n) is 3.94. The van der Waals surface area contributed by atoms with Gasteiger partial charge in [0.1, 0.15) is 0 Å². The molecule has 134 valence electrons. The number of oxime groups is 1. The van der Waals surface area contributed by atoms with Gasteiger partial charge in [0.05, 0.1) is 21.6 Å². The summed E-state index contributed by atoms with van der Waals surface area (Å²) in [5.41, 5.74) is 0.193. The molecule has 2 rings (SSSR count). The summed E-state index contributed by atoms with van der Waals surface area (Å²) >= 11 is 0. The molecular weight excluding hydrogens is 332 g/mol. The second-order valence-corrected chi connectivity index (χ2v) is 5.55. The Morgan fingerprint density at radius 3 is 2.72 bits per heavy atom. The highest BCUT2D eigenvalue weighted by Crippen LogP contribution is 2.37. The molecular formula is C15H18N4O6. The van der Waals surface area contributed by atoms with Crippen LogP contribution in [0.15, 0.2) is 23.4 Å². The zero-order valence-electron chi connectivity index (χ0n) is 13.6. The number of amides is 1. The van der Waals surface area contributed by atoms with Crippen molar-refractivity contribution in [2.75, 3.05) is 6.54 Å². The van der Waals surface area contributed by atoms with Gasteiger partial charge in [0.2, 0.25) is 0 Å². The Hall–Kier alpha value is -3.04. The van der Waals surface area contributed by atoms with Crippen molar-refractivity contribution >= 4 is 23.2 Å². The summed E-state index contributed by atoms with van der Waals surface area (Å²) in [6.45, 7) is 2.12. The second kappa shape index (κ2) is 8.18. The minimum absolute atomic E-state index is 0.327. The standard InChI is InChI=1S/C15H18N4O6/c1-2-16-15(20)25-17-13-6-4-3-5-11(13)12-8-7-10(18(21)22)9-14(12)19(23)24/h7-9,11H,2-6H2,1H3,(H,16,20)/b17-13-/t11-/m1/s1. The highest BCUT2D eigenvalue weighted by Gasteiger charge is 2.31. The van der Waals surface area contributed by atoms with Crippen LogP contribution in [-0.4, -0.2) is 28.2 Å². The molecule has 1 saturated carbocycles. The van der Waals surface area contributed by atoms with Crippen LogP contribution in [0.1, 0.15) is 44.1 Å². The van der Waals surface area contributed by atoms with Crippen LogP contribution in [0.2, 0.25) is 0 Å². The van der Waals surface area contributed by atoms with E-state index in [1.54, 1.807) is 6.92 Å². The fourth-order valence-corrected chi connectivity index (χ4v) is 2.81. The van der Waals surface area contributed by atoms with Gasteiger partial charge in [-0.15, -0.1) is 0 Å². The topological polar surface area (TPSA) is 137 Å². The van der Waals surface area contributed by atoms with Crippen molar-refractivity contribution in [3.63, 3.8) is 0 Å². The summed E-state index contributed by atoms with van der Waals surface area (Å²) in [6.07, 6.45) is 2.10. The number of non-ortho nitro benzene ring substituents is 1. The van der Waals surface area contributed by atoms with Crippen LogP contribution in [0, 0.1) is 20.2 Å². The number of carbonyl (C=O) groups excluding carboxylic acids is 1. The molecule has 0 spiro atoms. The molecule has 1 aromatic carbocycles. The van der Waals surface area contributed by atoms with E-state index in [2.05, 4.69) is 10.5 Å². The second-order valence-electron chi connectivity index (χ2n) is 5.55. The Balaban J connectivity index is 2.36. The van der Waals surface area contributed by atoms with E-state index in [1.807, 2.05) is 0 Å². The van der Waals surface area contributed by atoms with E-state index in [9.17, 15) is 25.0 Å². The van der Waals surface area contributed by atoms with Crippen molar-refractivity contribution in [1.82, 2.24) is 5.32 Å². The number of nitrogens with zero attached hydrogens (tertiary/aromatic N) is 3. The van der Waals surface area contributed by atoms with E-state index >= 15 is 0 Å². The maximum absolute atomic E-state index is 11.4. The first kappa shape index (κ1) is 18.3. The first-order valence-corrected chi connectivity index (χ1v) is 7.88. The van der Waals surface area contributed by atoms with E-state index in [0.717, 1.165) is 18.9 Å². The molecule has 0 saturated heterocycles. The Morgan fingerprint density at radius 1 is 1.32 bits per heavy atom. The van der Waals surface area contributed by atoms with Gasteiger partial charge in [0.25, 0.3) is 11.4 Å². The summed E-state index contributed by atoms with van der Waals surface area (Å²) in [5, 5.41) is 28.5. The molecule has 0 bridgehead atoms. The van der Waals surface area contributed by atoms with Crippen molar-refractivity contribution in [3.8, 4) is 0 Å². The lowest BCUT2D eigenvalue weighted by Gasteiger charge is -2.23. The highest BCUT2D eigenvalue weighted by atomic mass is 16.7. The third kappa shape index (κ3) is 4.49. The molecule has 1 aliphatic carbocycles. The van der Waals surface area contributed by atoms with Gasteiger partial charge in [-0.2, -0.15) is 0 Å². The minimum atomic E-state index is -0.697. The van der Waals surface area contributed by atoms with E-state index < -0.39 is 21.9 Å². The molecule has 1 aliphatic rings. The van der Waals surface area contributed by atoms with Crippen molar-refractivity contribution < 1.29 is 19.5 Å². The number of carbonyl (C=O) groups is 1. The zero-order valence-corrected chi connectivity index (χ0v) is 13.6. The molecule has 0 unspecified atom stereocenters. The van der Waals surface area contributed by atoms with Crippen LogP contribution in [0.4, 0.5) is 16.2 Å². The molecule has 0 radical (unpaired) electrons. The smallest absolute Gasteiger partial charge is 0.320 e. The zero-order chi connectivity index (χ0) is 18.4. The molecule has 1 aromatic rings. The van der Waals surface area contributed by atoms with Gasteiger partial charge in [-0.1, -0.05) is 11.6 Å². The van der Waals surface area contributed by atoms with E-state index in [1.165, 1.54) is 12.1 Å². The van der Waals surface area contributed by atoms with Crippen LogP contribution >= 0.6 is 0 Å². The molecule has 1 atom stereocenters. The van der Waals surface area contributed by atoms with Crippen molar-refractivity contribution in [2.24, 2.45) is 5.16 Å². The number of nitro groups is 2. The van der Waals surface area contributed by atoms with Crippen LogP contribution < -0.4 is 5.32 Å². The average molecular weight is 350 g/mol. The Bertz CT molecular complexity index is 718.